The minimum absolute atomic E-state index is 0.348. The van der Waals surface area contributed by atoms with Crippen molar-refractivity contribution < 1.29 is 0 Å². The standard InChI is InChI=1S/C15H21N7/c1-21(2)15-18-6-5-13(20-15)19-12-4-3-9-22(11-12)14-10-16-7-8-17-14/h5-8,10,12H,3-4,9,11H2,1-2H3,(H,18,19,20). The number of nitrogens with zero attached hydrogens (tertiary/aromatic N) is 6. The molecule has 0 saturated carbocycles. The van der Waals surface area contributed by atoms with Crippen LogP contribution in [0.4, 0.5) is 17.6 Å². The largest absolute Gasteiger partial charge is 0.365 e. The van der Waals surface area contributed by atoms with Gasteiger partial charge in [-0.15, -0.1) is 0 Å². The molecule has 2 aromatic heterocycles. The van der Waals surface area contributed by atoms with Crippen LogP contribution in [0.25, 0.3) is 0 Å². The van der Waals surface area contributed by atoms with Gasteiger partial charge in [0, 0.05) is 51.8 Å². The van der Waals surface area contributed by atoms with E-state index in [1.54, 1.807) is 18.6 Å². The van der Waals surface area contributed by atoms with E-state index in [1.807, 2.05) is 31.3 Å². The summed E-state index contributed by atoms with van der Waals surface area (Å²) < 4.78 is 0. The molecule has 2 aromatic rings. The van der Waals surface area contributed by atoms with E-state index in [0.717, 1.165) is 37.6 Å². The predicted octanol–water partition coefficient (Wildman–Crippen LogP) is 1.41. The van der Waals surface area contributed by atoms with Crippen LogP contribution in [0, 0.1) is 0 Å². The van der Waals surface area contributed by atoms with Crippen LogP contribution in [-0.4, -0.2) is 53.2 Å². The van der Waals surface area contributed by atoms with E-state index in [9.17, 15) is 0 Å². The summed E-state index contributed by atoms with van der Waals surface area (Å²) in [5, 5.41) is 3.51. The maximum absolute atomic E-state index is 4.52. The van der Waals surface area contributed by atoms with Gasteiger partial charge >= 0.3 is 0 Å². The lowest BCUT2D eigenvalue weighted by Crippen LogP contribution is -2.42. The Morgan fingerprint density at radius 2 is 2.14 bits per heavy atom. The Balaban J connectivity index is 1.67. The van der Waals surface area contributed by atoms with Gasteiger partial charge in [0.05, 0.1) is 6.20 Å². The Morgan fingerprint density at radius 1 is 1.23 bits per heavy atom. The summed E-state index contributed by atoms with van der Waals surface area (Å²) in [6.07, 6.45) is 9.29. The molecule has 0 spiro atoms. The lowest BCUT2D eigenvalue weighted by Gasteiger charge is -2.34. The summed E-state index contributed by atoms with van der Waals surface area (Å²) in [6.45, 7) is 1.92. The van der Waals surface area contributed by atoms with Crippen molar-refractivity contribution in [2.45, 2.75) is 18.9 Å². The van der Waals surface area contributed by atoms with Crippen LogP contribution in [0.3, 0.4) is 0 Å². The average molecular weight is 299 g/mol. The monoisotopic (exact) mass is 299 g/mol. The molecule has 0 amide bonds. The first kappa shape index (κ1) is 14.5. The van der Waals surface area contributed by atoms with Crippen molar-refractivity contribution in [1.29, 1.82) is 0 Å². The van der Waals surface area contributed by atoms with E-state index in [1.165, 1.54) is 0 Å². The summed E-state index contributed by atoms with van der Waals surface area (Å²) in [5.74, 6) is 2.52. The molecule has 0 radical (unpaired) electrons. The van der Waals surface area contributed by atoms with Crippen LogP contribution >= 0.6 is 0 Å². The second-order valence-corrected chi connectivity index (χ2v) is 5.63. The number of hydrogen-bond acceptors (Lipinski definition) is 7. The van der Waals surface area contributed by atoms with Crippen LogP contribution in [0.15, 0.2) is 30.9 Å². The highest BCUT2D eigenvalue weighted by Crippen LogP contribution is 2.19. The summed E-state index contributed by atoms with van der Waals surface area (Å²) in [6, 6.07) is 2.26. The lowest BCUT2D eigenvalue weighted by atomic mass is 10.1. The van der Waals surface area contributed by atoms with E-state index in [0.29, 0.717) is 12.0 Å². The van der Waals surface area contributed by atoms with Crippen LogP contribution in [-0.2, 0) is 0 Å². The highest BCUT2D eigenvalue weighted by Gasteiger charge is 2.21. The van der Waals surface area contributed by atoms with Crippen molar-refractivity contribution in [1.82, 2.24) is 19.9 Å². The number of nitrogens with one attached hydrogen (secondary N) is 1. The van der Waals surface area contributed by atoms with Gasteiger partial charge in [-0.2, -0.15) is 4.98 Å². The number of aromatic nitrogens is 4. The zero-order valence-corrected chi connectivity index (χ0v) is 13.0. The fraction of sp³-hybridized carbons (Fsp3) is 0.467. The fourth-order valence-corrected chi connectivity index (χ4v) is 2.61. The normalized spacial score (nSPS) is 18.1. The molecule has 7 heteroatoms. The number of anilines is 3. The molecule has 3 rings (SSSR count). The van der Waals surface area contributed by atoms with Gasteiger partial charge in [0.2, 0.25) is 5.95 Å². The third-order valence-electron chi connectivity index (χ3n) is 3.69. The highest BCUT2D eigenvalue weighted by molar-refractivity contribution is 5.43. The van der Waals surface area contributed by atoms with Crippen LogP contribution < -0.4 is 15.1 Å². The van der Waals surface area contributed by atoms with E-state index in [4.69, 9.17) is 0 Å². The van der Waals surface area contributed by atoms with Gasteiger partial charge in [0.25, 0.3) is 0 Å². The Morgan fingerprint density at radius 3 is 2.91 bits per heavy atom. The molecule has 1 N–H and O–H groups in total. The van der Waals surface area contributed by atoms with Crippen molar-refractivity contribution in [2.75, 3.05) is 42.3 Å². The molecule has 1 unspecified atom stereocenters. The minimum Gasteiger partial charge on any atom is -0.365 e. The van der Waals surface area contributed by atoms with Gasteiger partial charge in [0.1, 0.15) is 11.6 Å². The zero-order chi connectivity index (χ0) is 15.4. The summed E-state index contributed by atoms with van der Waals surface area (Å²) >= 11 is 0. The zero-order valence-electron chi connectivity index (χ0n) is 13.0. The first-order valence-electron chi connectivity index (χ1n) is 7.50. The quantitative estimate of drug-likeness (QED) is 0.915. The Kier molecular flexibility index (Phi) is 4.32. The molecule has 116 valence electrons. The third kappa shape index (κ3) is 3.41. The molecule has 1 fully saturated rings. The second-order valence-electron chi connectivity index (χ2n) is 5.63. The van der Waals surface area contributed by atoms with Crippen molar-refractivity contribution >= 4 is 17.6 Å². The van der Waals surface area contributed by atoms with E-state index < -0.39 is 0 Å². The topological polar surface area (TPSA) is 70.1 Å². The molecular formula is C15H21N7. The fourth-order valence-electron chi connectivity index (χ4n) is 2.61. The summed E-state index contributed by atoms with van der Waals surface area (Å²) in [7, 11) is 3.88. The molecule has 1 atom stereocenters. The van der Waals surface area contributed by atoms with Gasteiger partial charge in [-0.3, -0.25) is 4.98 Å². The average Bonchev–Trinajstić information content (AvgIpc) is 2.56. The highest BCUT2D eigenvalue weighted by atomic mass is 15.2. The third-order valence-corrected chi connectivity index (χ3v) is 3.69. The molecule has 1 saturated heterocycles. The SMILES string of the molecule is CN(C)c1nccc(NC2CCCN(c3cnccn3)C2)n1. The molecule has 3 heterocycles. The van der Waals surface area contributed by atoms with Crippen molar-refractivity contribution in [3.05, 3.63) is 30.9 Å². The van der Waals surface area contributed by atoms with Gasteiger partial charge in [-0.25, -0.2) is 9.97 Å². The first-order chi connectivity index (χ1) is 10.7. The number of hydrogen-bond donors (Lipinski definition) is 1. The molecular weight excluding hydrogens is 278 g/mol. The maximum Gasteiger partial charge on any atom is 0.226 e. The summed E-state index contributed by atoms with van der Waals surface area (Å²) in [4.78, 5) is 21.5. The van der Waals surface area contributed by atoms with Gasteiger partial charge < -0.3 is 15.1 Å². The van der Waals surface area contributed by atoms with E-state index in [-0.39, 0.29) is 0 Å². The van der Waals surface area contributed by atoms with Crippen LogP contribution in [0.5, 0.6) is 0 Å². The molecule has 1 aliphatic rings. The number of rotatable bonds is 4. The lowest BCUT2D eigenvalue weighted by molar-refractivity contribution is 0.525. The first-order valence-corrected chi connectivity index (χ1v) is 7.50. The predicted molar refractivity (Wildman–Crippen MR) is 87.2 cm³/mol. The molecule has 1 aliphatic heterocycles. The molecule has 0 bridgehead atoms. The summed E-state index contributed by atoms with van der Waals surface area (Å²) in [5.41, 5.74) is 0. The van der Waals surface area contributed by atoms with Crippen molar-refractivity contribution in [2.24, 2.45) is 0 Å². The van der Waals surface area contributed by atoms with E-state index >= 15 is 0 Å². The Bertz CT molecular complexity index is 602. The Labute approximate surface area is 130 Å². The van der Waals surface area contributed by atoms with Crippen molar-refractivity contribution in [3.8, 4) is 0 Å². The van der Waals surface area contributed by atoms with Crippen LogP contribution in [0.1, 0.15) is 12.8 Å². The molecule has 22 heavy (non-hydrogen) atoms. The van der Waals surface area contributed by atoms with Gasteiger partial charge in [0.15, 0.2) is 0 Å². The molecule has 0 aromatic carbocycles. The maximum atomic E-state index is 4.52. The minimum atomic E-state index is 0.348. The number of piperidine rings is 1. The van der Waals surface area contributed by atoms with Gasteiger partial charge in [-0.1, -0.05) is 0 Å². The second kappa shape index (κ2) is 6.55. The molecule has 7 nitrogen and oxygen atoms in total. The molecule has 0 aliphatic carbocycles. The Hall–Kier alpha value is -2.44. The van der Waals surface area contributed by atoms with Crippen LogP contribution in [0.2, 0.25) is 0 Å². The van der Waals surface area contributed by atoms with Gasteiger partial charge in [-0.05, 0) is 18.9 Å². The van der Waals surface area contributed by atoms with E-state index in [2.05, 4.69) is 30.2 Å². The van der Waals surface area contributed by atoms with Crippen molar-refractivity contribution in [3.63, 3.8) is 0 Å². The smallest absolute Gasteiger partial charge is 0.226 e.